The zero-order valence-electron chi connectivity index (χ0n) is 10.1. The van der Waals surface area contributed by atoms with Crippen molar-refractivity contribution in [2.75, 3.05) is 26.3 Å². The van der Waals surface area contributed by atoms with Crippen molar-refractivity contribution in [3.63, 3.8) is 0 Å². The lowest BCUT2D eigenvalue weighted by atomic mass is 10.2. The summed E-state index contributed by atoms with van der Waals surface area (Å²) in [5.74, 6) is 0. The highest BCUT2D eigenvalue weighted by molar-refractivity contribution is 5.69. The molecule has 0 radical (unpaired) electrons. The Kier molecular flexibility index (Phi) is 3.08. The average Bonchev–Trinajstić information content (AvgIpc) is 2.80. The summed E-state index contributed by atoms with van der Waals surface area (Å²) in [6.07, 6.45) is 0.183. The number of hydrogen-bond donors (Lipinski definition) is 0. The van der Waals surface area contributed by atoms with E-state index in [9.17, 15) is 4.79 Å². The highest BCUT2D eigenvalue weighted by atomic mass is 16.6. The van der Waals surface area contributed by atoms with E-state index in [4.69, 9.17) is 14.2 Å². The van der Waals surface area contributed by atoms with E-state index in [1.54, 1.807) is 4.90 Å². The zero-order valence-corrected chi connectivity index (χ0v) is 10.1. The first-order valence-electron chi connectivity index (χ1n) is 5.65. The standard InChI is InChI=1S/C11H19NO4/c1-11(2,3)16-10(13)12-4-8(5-12)14-6-9-7-15-9/h8-9H,4-7H2,1-3H3/t9-/m0/s1. The van der Waals surface area contributed by atoms with Gasteiger partial charge in [0.1, 0.15) is 11.7 Å². The molecule has 5 heteroatoms. The van der Waals surface area contributed by atoms with Crippen LogP contribution in [0.25, 0.3) is 0 Å². The molecular formula is C11H19NO4. The molecule has 1 amide bonds. The molecule has 2 rings (SSSR count). The third-order valence-electron chi connectivity index (χ3n) is 2.42. The van der Waals surface area contributed by atoms with Gasteiger partial charge in [-0.05, 0) is 20.8 Å². The minimum absolute atomic E-state index is 0.150. The first-order chi connectivity index (χ1) is 7.44. The minimum atomic E-state index is -0.426. The van der Waals surface area contributed by atoms with Gasteiger partial charge < -0.3 is 19.1 Å². The van der Waals surface area contributed by atoms with Crippen LogP contribution in [0.4, 0.5) is 4.79 Å². The van der Waals surface area contributed by atoms with Crippen molar-refractivity contribution in [1.82, 2.24) is 4.90 Å². The van der Waals surface area contributed by atoms with Gasteiger partial charge in [-0.1, -0.05) is 0 Å². The fraction of sp³-hybridized carbons (Fsp3) is 0.909. The molecule has 16 heavy (non-hydrogen) atoms. The predicted octanol–water partition coefficient (Wildman–Crippen LogP) is 1.02. The Morgan fingerprint density at radius 2 is 2.06 bits per heavy atom. The third-order valence-corrected chi connectivity index (χ3v) is 2.42. The number of carbonyl (C=O) groups excluding carboxylic acids is 1. The molecule has 0 N–H and O–H groups in total. The number of ether oxygens (including phenoxy) is 3. The first kappa shape index (κ1) is 11.7. The summed E-state index contributed by atoms with van der Waals surface area (Å²) < 4.78 is 15.8. The Balaban J connectivity index is 1.61. The minimum Gasteiger partial charge on any atom is -0.444 e. The second-order valence-corrected chi connectivity index (χ2v) is 5.30. The molecule has 0 aromatic heterocycles. The molecule has 1 atom stereocenters. The van der Waals surface area contributed by atoms with E-state index in [1.807, 2.05) is 20.8 Å². The lowest BCUT2D eigenvalue weighted by molar-refractivity contribution is -0.0658. The molecule has 2 aliphatic heterocycles. The molecule has 2 aliphatic rings. The van der Waals surface area contributed by atoms with Crippen molar-refractivity contribution in [1.29, 1.82) is 0 Å². The van der Waals surface area contributed by atoms with Crippen molar-refractivity contribution >= 4 is 6.09 Å². The molecule has 92 valence electrons. The monoisotopic (exact) mass is 229 g/mol. The number of rotatable bonds is 3. The largest absolute Gasteiger partial charge is 0.444 e. The van der Waals surface area contributed by atoms with Gasteiger partial charge in [-0.2, -0.15) is 0 Å². The van der Waals surface area contributed by atoms with E-state index in [0.29, 0.717) is 19.7 Å². The summed E-state index contributed by atoms with van der Waals surface area (Å²) in [5, 5.41) is 0. The molecule has 0 spiro atoms. The fourth-order valence-corrected chi connectivity index (χ4v) is 1.43. The Morgan fingerprint density at radius 1 is 1.44 bits per heavy atom. The number of amides is 1. The van der Waals surface area contributed by atoms with E-state index in [-0.39, 0.29) is 18.3 Å². The van der Waals surface area contributed by atoms with Gasteiger partial charge in [0.2, 0.25) is 0 Å². The van der Waals surface area contributed by atoms with Crippen LogP contribution in [0.5, 0.6) is 0 Å². The van der Waals surface area contributed by atoms with Gasteiger partial charge in [0.15, 0.2) is 0 Å². The van der Waals surface area contributed by atoms with Crippen LogP contribution in [0.2, 0.25) is 0 Å². The lowest BCUT2D eigenvalue weighted by Crippen LogP contribution is -2.56. The average molecular weight is 229 g/mol. The maximum Gasteiger partial charge on any atom is 0.410 e. The first-order valence-corrected chi connectivity index (χ1v) is 5.65. The maximum atomic E-state index is 11.6. The van der Waals surface area contributed by atoms with E-state index in [0.717, 1.165) is 6.61 Å². The van der Waals surface area contributed by atoms with Gasteiger partial charge in [-0.25, -0.2) is 4.79 Å². The van der Waals surface area contributed by atoms with Crippen molar-refractivity contribution in [3.05, 3.63) is 0 Å². The van der Waals surface area contributed by atoms with Crippen LogP contribution in [0, 0.1) is 0 Å². The smallest absolute Gasteiger partial charge is 0.410 e. The molecule has 0 aromatic rings. The molecule has 2 heterocycles. The van der Waals surface area contributed by atoms with Crippen molar-refractivity contribution in [3.8, 4) is 0 Å². The van der Waals surface area contributed by atoms with Crippen LogP contribution in [0.3, 0.4) is 0 Å². The molecule has 5 nitrogen and oxygen atoms in total. The number of likely N-dealkylation sites (tertiary alicyclic amines) is 1. The molecule has 0 aliphatic carbocycles. The lowest BCUT2D eigenvalue weighted by Gasteiger charge is -2.39. The van der Waals surface area contributed by atoms with E-state index < -0.39 is 5.60 Å². The van der Waals surface area contributed by atoms with Gasteiger partial charge in [0.25, 0.3) is 0 Å². The Morgan fingerprint density at radius 3 is 2.56 bits per heavy atom. The van der Waals surface area contributed by atoms with E-state index in [1.165, 1.54) is 0 Å². The summed E-state index contributed by atoms with van der Waals surface area (Å²) in [6.45, 7) is 8.30. The highest BCUT2D eigenvalue weighted by Gasteiger charge is 2.35. The quantitative estimate of drug-likeness (QED) is 0.678. The summed E-state index contributed by atoms with van der Waals surface area (Å²) in [7, 11) is 0. The zero-order chi connectivity index (χ0) is 11.8. The molecule has 2 fully saturated rings. The summed E-state index contributed by atoms with van der Waals surface area (Å²) in [6, 6.07) is 0. The van der Waals surface area contributed by atoms with Gasteiger partial charge in [-0.3, -0.25) is 0 Å². The van der Waals surface area contributed by atoms with Gasteiger partial charge in [0.05, 0.1) is 32.4 Å². The second-order valence-electron chi connectivity index (χ2n) is 5.30. The molecule has 0 bridgehead atoms. The molecule has 2 saturated heterocycles. The summed E-state index contributed by atoms with van der Waals surface area (Å²) >= 11 is 0. The summed E-state index contributed by atoms with van der Waals surface area (Å²) in [4.78, 5) is 13.2. The Labute approximate surface area is 95.6 Å². The van der Waals surface area contributed by atoms with E-state index in [2.05, 4.69) is 0 Å². The summed E-state index contributed by atoms with van der Waals surface area (Å²) in [5.41, 5.74) is -0.426. The number of nitrogens with zero attached hydrogens (tertiary/aromatic N) is 1. The topological polar surface area (TPSA) is 51.3 Å². The van der Waals surface area contributed by atoms with Crippen LogP contribution in [-0.2, 0) is 14.2 Å². The molecule has 0 aromatic carbocycles. The number of hydrogen-bond acceptors (Lipinski definition) is 4. The SMILES string of the molecule is CC(C)(C)OC(=O)N1CC(OC[C@H]2CO2)C1. The number of carbonyl (C=O) groups is 1. The van der Waals surface area contributed by atoms with Crippen LogP contribution in [0.15, 0.2) is 0 Å². The third kappa shape index (κ3) is 3.35. The van der Waals surface area contributed by atoms with Crippen LogP contribution < -0.4 is 0 Å². The predicted molar refractivity (Wildman–Crippen MR) is 57.3 cm³/mol. The second kappa shape index (κ2) is 4.22. The highest BCUT2D eigenvalue weighted by Crippen LogP contribution is 2.18. The Bertz CT molecular complexity index is 264. The van der Waals surface area contributed by atoms with Gasteiger partial charge >= 0.3 is 6.09 Å². The molecular weight excluding hydrogens is 210 g/mol. The van der Waals surface area contributed by atoms with Crippen LogP contribution in [0.1, 0.15) is 20.8 Å². The Hall–Kier alpha value is -0.810. The molecule has 0 unspecified atom stereocenters. The van der Waals surface area contributed by atoms with Crippen molar-refractivity contribution in [2.24, 2.45) is 0 Å². The molecule has 0 saturated carbocycles. The van der Waals surface area contributed by atoms with Crippen molar-refractivity contribution < 1.29 is 19.0 Å². The number of epoxide rings is 1. The van der Waals surface area contributed by atoms with Crippen LogP contribution >= 0.6 is 0 Å². The normalized spacial score (nSPS) is 25.2. The van der Waals surface area contributed by atoms with Crippen LogP contribution in [-0.4, -0.2) is 55.1 Å². The van der Waals surface area contributed by atoms with Crippen molar-refractivity contribution in [2.45, 2.75) is 38.6 Å². The fourth-order valence-electron chi connectivity index (χ4n) is 1.43. The van der Waals surface area contributed by atoms with E-state index >= 15 is 0 Å². The van der Waals surface area contributed by atoms with Gasteiger partial charge in [0, 0.05) is 0 Å². The maximum absolute atomic E-state index is 11.6. The van der Waals surface area contributed by atoms with Gasteiger partial charge in [-0.15, -0.1) is 0 Å².